The number of rotatable bonds is 9. The van der Waals surface area contributed by atoms with Crippen molar-refractivity contribution in [2.75, 3.05) is 17.7 Å². The van der Waals surface area contributed by atoms with E-state index in [1.165, 1.54) is 17.7 Å². The normalized spacial score (nSPS) is 12.2. The molecule has 7 heteroatoms. The minimum atomic E-state index is -3.62. The average Bonchev–Trinajstić information content (AvgIpc) is 2.87. The Hall–Kier alpha value is -3.84. The molecule has 0 radical (unpaired) electrons. The van der Waals surface area contributed by atoms with Gasteiger partial charge in [-0.05, 0) is 65.6 Å². The van der Waals surface area contributed by atoms with Gasteiger partial charge in [0.05, 0.1) is 19.1 Å². The summed E-state index contributed by atoms with van der Waals surface area (Å²) in [6.07, 6.45) is 1.14. The number of carbonyl (C=O) groups excluding carboxylic acids is 1. The predicted octanol–water partition coefficient (Wildman–Crippen LogP) is 5.80. The van der Waals surface area contributed by atoms with E-state index in [1.54, 1.807) is 31.2 Å². The number of hydrogen-bond acceptors (Lipinski definition) is 5. The molecule has 186 valence electrons. The highest BCUT2D eigenvalue weighted by Crippen LogP contribution is 2.35. The first-order valence-corrected chi connectivity index (χ1v) is 13.5. The van der Waals surface area contributed by atoms with Gasteiger partial charge in [0.2, 0.25) is 10.0 Å². The second-order valence-electron chi connectivity index (χ2n) is 8.58. The lowest BCUT2D eigenvalue weighted by molar-refractivity contribution is -0.140. The number of para-hydroxylation sites is 1. The summed E-state index contributed by atoms with van der Waals surface area (Å²) in [6.45, 7) is 1.71. The molecule has 0 aliphatic carbocycles. The summed E-state index contributed by atoms with van der Waals surface area (Å²) >= 11 is 0. The average molecular weight is 504 g/mol. The molecule has 6 nitrogen and oxygen atoms in total. The van der Waals surface area contributed by atoms with E-state index in [0.717, 1.165) is 27.5 Å². The van der Waals surface area contributed by atoms with Crippen LogP contribution in [0.1, 0.15) is 18.9 Å². The number of nitrogens with zero attached hydrogens (tertiary/aromatic N) is 1. The van der Waals surface area contributed by atoms with Crippen molar-refractivity contribution in [3.8, 4) is 16.9 Å². The fourth-order valence-electron chi connectivity index (χ4n) is 4.24. The van der Waals surface area contributed by atoms with Gasteiger partial charge < -0.3 is 9.47 Å². The quantitative estimate of drug-likeness (QED) is 0.213. The predicted molar refractivity (Wildman–Crippen MR) is 144 cm³/mol. The van der Waals surface area contributed by atoms with E-state index in [1.807, 2.05) is 54.6 Å². The fraction of sp³-hybridized carbons (Fsp3) is 0.207. The number of hydrogen-bond donors (Lipinski definition) is 0. The Balaban J connectivity index is 1.74. The molecule has 0 aromatic heterocycles. The number of sulfonamides is 1. The molecule has 36 heavy (non-hydrogen) atoms. The summed E-state index contributed by atoms with van der Waals surface area (Å²) < 4.78 is 37.8. The fourth-order valence-corrected chi connectivity index (χ4v) is 5.33. The maximum atomic E-state index is 12.7. The van der Waals surface area contributed by atoms with Gasteiger partial charge in [-0.2, -0.15) is 0 Å². The van der Waals surface area contributed by atoms with Crippen LogP contribution in [0.5, 0.6) is 5.75 Å². The van der Waals surface area contributed by atoms with Crippen LogP contribution in [0.3, 0.4) is 0 Å². The van der Waals surface area contributed by atoms with E-state index in [4.69, 9.17) is 9.47 Å². The molecule has 0 aliphatic rings. The van der Waals surface area contributed by atoms with Crippen LogP contribution in [0.4, 0.5) is 5.69 Å². The van der Waals surface area contributed by atoms with Gasteiger partial charge >= 0.3 is 5.97 Å². The molecule has 1 atom stereocenters. The number of methoxy groups -OCH3 is 1. The van der Waals surface area contributed by atoms with Crippen LogP contribution in [0, 0.1) is 0 Å². The zero-order valence-electron chi connectivity index (χ0n) is 20.5. The van der Waals surface area contributed by atoms with Crippen molar-refractivity contribution in [2.45, 2.75) is 26.0 Å². The lowest BCUT2D eigenvalue weighted by Crippen LogP contribution is -2.41. The molecule has 4 rings (SSSR count). The summed E-state index contributed by atoms with van der Waals surface area (Å²) in [5, 5.41) is 2.20. The second kappa shape index (κ2) is 10.8. The number of carbonyl (C=O) groups is 1. The van der Waals surface area contributed by atoms with E-state index >= 15 is 0 Å². The summed E-state index contributed by atoms with van der Waals surface area (Å²) in [5.74, 6) is 0.270. The molecule has 0 fully saturated rings. The van der Waals surface area contributed by atoms with Crippen molar-refractivity contribution in [1.82, 2.24) is 0 Å². The van der Waals surface area contributed by atoms with Crippen LogP contribution in [-0.4, -0.2) is 34.0 Å². The lowest BCUT2D eigenvalue weighted by atomic mass is 9.97. The second-order valence-corrected chi connectivity index (χ2v) is 10.4. The Kier molecular flexibility index (Phi) is 7.60. The highest BCUT2D eigenvalue weighted by molar-refractivity contribution is 7.92. The SMILES string of the molecule is COC(=O)CCc1ccc(OC(C)N(c2ccccc2)S(C)(=O)=O)c(-c2ccc3ccccc3c2)c1. The minimum Gasteiger partial charge on any atom is -0.469 e. The van der Waals surface area contributed by atoms with Gasteiger partial charge in [-0.3, -0.25) is 4.79 Å². The molecule has 0 saturated carbocycles. The molecular weight excluding hydrogens is 474 g/mol. The van der Waals surface area contributed by atoms with Gasteiger partial charge in [-0.15, -0.1) is 0 Å². The Morgan fingerprint density at radius 1 is 0.889 bits per heavy atom. The largest absolute Gasteiger partial charge is 0.469 e. The van der Waals surface area contributed by atoms with Gasteiger partial charge in [0.25, 0.3) is 0 Å². The van der Waals surface area contributed by atoms with Gasteiger partial charge in [0.15, 0.2) is 6.23 Å². The molecule has 0 saturated heterocycles. The third-order valence-corrected chi connectivity index (χ3v) is 7.17. The monoisotopic (exact) mass is 503 g/mol. The lowest BCUT2D eigenvalue weighted by Gasteiger charge is -2.30. The Bertz CT molecular complexity index is 1470. The van der Waals surface area contributed by atoms with E-state index < -0.39 is 16.3 Å². The zero-order chi connectivity index (χ0) is 25.7. The molecule has 4 aromatic rings. The minimum absolute atomic E-state index is 0.264. The van der Waals surface area contributed by atoms with E-state index in [0.29, 0.717) is 17.9 Å². The number of ether oxygens (including phenoxy) is 2. The van der Waals surface area contributed by atoms with Crippen molar-refractivity contribution < 1.29 is 22.7 Å². The summed E-state index contributed by atoms with van der Waals surface area (Å²) in [4.78, 5) is 11.7. The van der Waals surface area contributed by atoms with Crippen molar-refractivity contribution in [1.29, 1.82) is 0 Å². The molecule has 0 spiro atoms. The zero-order valence-corrected chi connectivity index (χ0v) is 21.4. The molecule has 0 aliphatic heterocycles. The summed E-state index contributed by atoms with van der Waals surface area (Å²) in [6, 6.07) is 28.8. The topological polar surface area (TPSA) is 72.9 Å². The van der Waals surface area contributed by atoms with Gasteiger partial charge in [0, 0.05) is 12.0 Å². The third kappa shape index (κ3) is 5.86. The third-order valence-electron chi connectivity index (χ3n) is 5.95. The number of aryl methyl sites for hydroxylation is 1. The maximum Gasteiger partial charge on any atom is 0.305 e. The maximum absolute atomic E-state index is 12.7. The molecule has 0 heterocycles. The van der Waals surface area contributed by atoms with Gasteiger partial charge in [-0.25, -0.2) is 12.7 Å². The number of esters is 1. The van der Waals surface area contributed by atoms with Gasteiger partial charge in [0.1, 0.15) is 5.75 Å². The summed E-state index contributed by atoms with van der Waals surface area (Å²) in [7, 11) is -2.24. The van der Waals surface area contributed by atoms with Crippen LogP contribution >= 0.6 is 0 Å². The molecule has 4 aromatic carbocycles. The molecular formula is C29H29NO5S. The first-order chi connectivity index (χ1) is 17.3. The Morgan fingerprint density at radius 2 is 1.58 bits per heavy atom. The molecule has 0 N–H and O–H groups in total. The van der Waals surface area contributed by atoms with Crippen molar-refractivity contribution in [3.05, 3.63) is 96.6 Å². The van der Waals surface area contributed by atoms with E-state index in [9.17, 15) is 13.2 Å². The van der Waals surface area contributed by atoms with Crippen LogP contribution in [0.25, 0.3) is 21.9 Å². The van der Waals surface area contributed by atoms with Crippen molar-refractivity contribution in [2.24, 2.45) is 0 Å². The number of benzene rings is 4. The van der Waals surface area contributed by atoms with Crippen LogP contribution < -0.4 is 9.04 Å². The van der Waals surface area contributed by atoms with Gasteiger partial charge in [-0.1, -0.05) is 60.7 Å². The summed E-state index contributed by atoms with van der Waals surface area (Å²) in [5.41, 5.74) is 3.22. The first-order valence-electron chi connectivity index (χ1n) is 11.7. The van der Waals surface area contributed by atoms with E-state index in [2.05, 4.69) is 12.1 Å². The van der Waals surface area contributed by atoms with E-state index in [-0.39, 0.29) is 12.4 Å². The Labute approximate surface area is 212 Å². The molecule has 1 unspecified atom stereocenters. The first kappa shape index (κ1) is 25.3. The molecule has 0 bridgehead atoms. The highest BCUT2D eigenvalue weighted by Gasteiger charge is 2.26. The van der Waals surface area contributed by atoms with Crippen molar-refractivity contribution in [3.63, 3.8) is 0 Å². The number of fused-ring (bicyclic) bond motifs is 1. The smallest absolute Gasteiger partial charge is 0.305 e. The standard InChI is InChI=1S/C29H29NO5S/c1-21(30(36(3,32)33)26-11-5-4-6-12-26)35-28-17-13-22(14-18-29(31)34-2)19-27(28)25-16-15-23-9-7-8-10-24(23)20-25/h4-13,15-17,19-21H,14,18H2,1-3H3. The van der Waals surface area contributed by atoms with Crippen LogP contribution in [-0.2, 0) is 26.0 Å². The highest BCUT2D eigenvalue weighted by atomic mass is 32.2. The van der Waals surface area contributed by atoms with Crippen LogP contribution in [0.15, 0.2) is 91.0 Å². The van der Waals surface area contributed by atoms with Crippen LogP contribution in [0.2, 0.25) is 0 Å². The Morgan fingerprint density at radius 3 is 2.28 bits per heavy atom. The van der Waals surface area contributed by atoms with Crippen molar-refractivity contribution >= 4 is 32.5 Å². The number of anilines is 1. The molecule has 0 amide bonds.